The molecule has 3 heteroatoms. The third-order valence-corrected chi connectivity index (χ3v) is 3.19. The zero-order chi connectivity index (χ0) is 12.3. The standard InChI is InChI=1S/C14H22N2O/c1-14(2)11-16(8-4-7-15-14)10-12-5-3-6-13(17)9-12/h3,5-6,9,15,17H,4,7-8,10-11H2,1-2H3. The van der Waals surface area contributed by atoms with E-state index in [1.54, 1.807) is 6.07 Å². The van der Waals surface area contributed by atoms with E-state index < -0.39 is 0 Å². The van der Waals surface area contributed by atoms with Crippen LogP contribution in [0.15, 0.2) is 24.3 Å². The van der Waals surface area contributed by atoms with E-state index in [0.29, 0.717) is 5.75 Å². The predicted octanol–water partition coefficient (Wildman–Crippen LogP) is 1.97. The molecule has 2 rings (SSSR count). The van der Waals surface area contributed by atoms with E-state index in [9.17, 15) is 5.11 Å². The van der Waals surface area contributed by atoms with E-state index in [1.165, 1.54) is 12.0 Å². The fourth-order valence-electron chi connectivity index (χ4n) is 2.47. The third-order valence-electron chi connectivity index (χ3n) is 3.19. The molecule has 0 atom stereocenters. The van der Waals surface area contributed by atoms with Gasteiger partial charge in [0.2, 0.25) is 0 Å². The molecule has 1 aromatic rings. The van der Waals surface area contributed by atoms with Gasteiger partial charge in [-0.1, -0.05) is 12.1 Å². The van der Waals surface area contributed by atoms with E-state index in [0.717, 1.165) is 26.2 Å². The highest BCUT2D eigenvalue weighted by molar-refractivity contribution is 5.27. The molecule has 1 heterocycles. The van der Waals surface area contributed by atoms with Gasteiger partial charge in [-0.2, -0.15) is 0 Å². The number of rotatable bonds is 2. The van der Waals surface area contributed by atoms with E-state index in [4.69, 9.17) is 0 Å². The quantitative estimate of drug-likeness (QED) is 0.821. The maximum atomic E-state index is 9.47. The van der Waals surface area contributed by atoms with Crippen molar-refractivity contribution in [2.75, 3.05) is 19.6 Å². The molecule has 0 aliphatic carbocycles. The topological polar surface area (TPSA) is 35.5 Å². The molecule has 1 aromatic carbocycles. The van der Waals surface area contributed by atoms with Crippen LogP contribution in [0.5, 0.6) is 5.75 Å². The fraction of sp³-hybridized carbons (Fsp3) is 0.571. The Hall–Kier alpha value is -1.06. The number of hydrogen-bond donors (Lipinski definition) is 2. The van der Waals surface area contributed by atoms with Crippen LogP contribution in [0, 0.1) is 0 Å². The zero-order valence-electron chi connectivity index (χ0n) is 10.7. The largest absolute Gasteiger partial charge is 0.508 e. The first kappa shape index (κ1) is 12.4. The van der Waals surface area contributed by atoms with Crippen LogP contribution in [-0.2, 0) is 6.54 Å². The van der Waals surface area contributed by atoms with Crippen molar-refractivity contribution in [3.8, 4) is 5.75 Å². The summed E-state index contributed by atoms with van der Waals surface area (Å²) in [7, 11) is 0. The second-order valence-corrected chi connectivity index (χ2v) is 5.54. The van der Waals surface area contributed by atoms with Crippen molar-refractivity contribution >= 4 is 0 Å². The number of aromatic hydroxyl groups is 1. The highest BCUT2D eigenvalue weighted by Gasteiger charge is 2.23. The van der Waals surface area contributed by atoms with Gasteiger partial charge in [-0.3, -0.25) is 4.90 Å². The van der Waals surface area contributed by atoms with Gasteiger partial charge in [-0.25, -0.2) is 0 Å². The Morgan fingerprint density at radius 2 is 2.24 bits per heavy atom. The maximum absolute atomic E-state index is 9.47. The van der Waals surface area contributed by atoms with Crippen molar-refractivity contribution in [2.24, 2.45) is 0 Å². The van der Waals surface area contributed by atoms with Crippen LogP contribution in [0.4, 0.5) is 0 Å². The molecule has 1 saturated heterocycles. The van der Waals surface area contributed by atoms with Gasteiger partial charge >= 0.3 is 0 Å². The molecular weight excluding hydrogens is 212 g/mol. The number of hydrogen-bond acceptors (Lipinski definition) is 3. The van der Waals surface area contributed by atoms with Gasteiger partial charge in [0.05, 0.1) is 0 Å². The van der Waals surface area contributed by atoms with Gasteiger partial charge in [-0.15, -0.1) is 0 Å². The smallest absolute Gasteiger partial charge is 0.115 e. The van der Waals surface area contributed by atoms with Gasteiger partial charge in [0.15, 0.2) is 0 Å². The number of phenols is 1. The lowest BCUT2D eigenvalue weighted by Crippen LogP contribution is -2.46. The predicted molar refractivity (Wildman–Crippen MR) is 70.1 cm³/mol. The van der Waals surface area contributed by atoms with Crippen LogP contribution in [0.25, 0.3) is 0 Å². The Bertz CT molecular complexity index is 376. The van der Waals surface area contributed by atoms with Crippen LogP contribution in [0.2, 0.25) is 0 Å². The first-order chi connectivity index (χ1) is 8.05. The summed E-state index contributed by atoms with van der Waals surface area (Å²) in [4.78, 5) is 2.45. The van der Waals surface area contributed by atoms with Gasteiger partial charge < -0.3 is 10.4 Å². The Kier molecular flexibility index (Phi) is 3.69. The van der Waals surface area contributed by atoms with E-state index in [2.05, 4.69) is 30.1 Å². The monoisotopic (exact) mass is 234 g/mol. The molecule has 17 heavy (non-hydrogen) atoms. The van der Waals surface area contributed by atoms with Crippen molar-refractivity contribution in [1.29, 1.82) is 0 Å². The SMILES string of the molecule is CC1(C)CN(Cc2cccc(O)c2)CCCN1. The van der Waals surface area contributed by atoms with Crippen LogP contribution >= 0.6 is 0 Å². The van der Waals surface area contributed by atoms with E-state index >= 15 is 0 Å². The molecule has 2 N–H and O–H groups in total. The number of benzene rings is 1. The van der Waals surface area contributed by atoms with Gasteiger partial charge in [0, 0.05) is 18.6 Å². The second-order valence-electron chi connectivity index (χ2n) is 5.54. The highest BCUT2D eigenvalue weighted by atomic mass is 16.3. The normalized spacial score (nSPS) is 21.1. The first-order valence-corrected chi connectivity index (χ1v) is 6.30. The molecule has 1 aliphatic heterocycles. The minimum atomic E-state index is 0.174. The minimum Gasteiger partial charge on any atom is -0.508 e. The Morgan fingerprint density at radius 3 is 3.00 bits per heavy atom. The molecular formula is C14H22N2O. The molecule has 0 amide bonds. The van der Waals surface area contributed by atoms with Crippen molar-refractivity contribution in [3.05, 3.63) is 29.8 Å². The maximum Gasteiger partial charge on any atom is 0.115 e. The summed E-state index contributed by atoms with van der Waals surface area (Å²) < 4.78 is 0. The third kappa shape index (κ3) is 3.72. The van der Waals surface area contributed by atoms with Gasteiger partial charge in [-0.05, 0) is 51.1 Å². The Morgan fingerprint density at radius 1 is 1.41 bits per heavy atom. The highest BCUT2D eigenvalue weighted by Crippen LogP contribution is 2.16. The van der Waals surface area contributed by atoms with Crippen LogP contribution in [0.1, 0.15) is 25.8 Å². The molecule has 0 aromatic heterocycles. The summed E-state index contributed by atoms with van der Waals surface area (Å²) in [5.41, 5.74) is 1.36. The Balaban J connectivity index is 2.02. The molecule has 94 valence electrons. The molecule has 0 saturated carbocycles. The van der Waals surface area contributed by atoms with Crippen molar-refractivity contribution < 1.29 is 5.11 Å². The fourth-order valence-corrected chi connectivity index (χ4v) is 2.47. The molecule has 0 spiro atoms. The van der Waals surface area contributed by atoms with E-state index in [1.807, 2.05) is 12.1 Å². The van der Waals surface area contributed by atoms with Gasteiger partial charge in [0.1, 0.15) is 5.75 Å². The first-order valence-electron chi connectivity index (χ1n) is 6.30. The molecule has 0 bridgehead atoms. The van der Waals surface area contributed by atoms with E-state index in [-0.39, 0.29) is 5.54 Å². The summed E-state index contributed by atoms with van der Waals surface area (Å²) in [5.74, 6) is 0.356. The van der Waals surface area contributed by atoms with Gasteiger partial charge in [0.25, 0.3) is 0 Å². The zero-order valence-corrected chi connectivity index (χ0v) is 10.7. The number of phenolic OH excluding ortho intramolecular Hbond substituents is 1. The van der Waals surface area contributed by atoms with Crippen LogP contribution in [0.3, 0.4) is 0 Å². The summed E-state index contributed by atoms with van der Waals surface area (Å²) in [5, 5.41) is 13.0. The number of nitrogens with one attached hydrogen (secondary N) is 1. The summed E-state index contributed by atoms with van der Waals surface area (Å²) in [6.07, 6.45) is 1.18. The molecule has 0 radical (unpaired) electrons. The minimum absolute atomic E-state index is 0.174. The van der Waals surface area contributed by atoms with Crippen molar-refractivity contribution in [1.82, 2.24) is 10.2 Å². The average Bonchev–Trinajstić information content (AvgIpc) is 2.39. The number of nitrogens with zero attached hydrogens (tertiary/aromatic N) is 1. The van der Waals surface area contributed by atoms with Crippen LogP contribution < -0.4 is 5.32 Å². The molecule has 1 fully saturated rings. The molecule has 3 nitrogen and oxygen atoms in total. The second kappa shape index (κ2) is 5.07. The molecule has 1 aliphatic rings. The molecule has 0 unspecified atom stereocenters. The Labute approximate surface area is 103 Å². The van der Waals surface area contributed by atoms with Crippen LogP contribution in [-0.4, -0.2) is 35.2 Å². The summed E-state index contributed by atoms with van der Waals surface area (Å²) in [6.45, 7) is 8.65. The lowest BCUT2D eigenvalue weighted by molar-refractivity contribution is 0.224. The summed E-state index contributed by atoms with van der Waals surface area (Å²) in [6, 6.07) is 7.56. The lowest BCUT2D eigenvalue weighted by atomic mass is 10.1. The summed E-state index contributed by atoms with van der Waals surface area (Å²) >= 11 is 0. The van der Waals surface area contributed by atoms with Crippen molar-refractivity contribution in [3.63, 3.8) is 0 Å². The average molecular weight is 234 g/mol. The van der Waals surface area contributed by atoms with Crippen molar-refractivity contribution in [2.45, 2.75) is 32.4 Å². The lowest BCUT2D eigenvalue weighted by Gasteiger charge is -2.30.